The number of nitrogens with two attached hydrogens (primary N) is 1. The Morgan fingerprint density at radius 2 is 1.47 bits per heavy atom. The summed E-state index contributed by atoms with van der Waals surface area (Å²) in [6, 6.07) is 13.4. The van der Waals surface area contributed by atoms with Gasteiger partial charge in [-0.3, -0.25) is 9.59 Å². The van der Waals surface area contributed by atoms with Gasteiger partial charge in [0.1, 0.15) is 23.1 Å². The molecule has 3 aromatic carbocycles. The van der Waals surface area contributed by atoms with Crippen molar-refractivity contribution in [3.8, 4) is 11.5 Å². The van der Waals surface area contributed by atoms with Crippen LogP contribution in [0.5, 0.6) is 11.5 Å². The van der Waals surface area contributed by atoms with Gasteiger partial charge in [-0.05, 0) is 79.8 Å². The third-order valence-electron chi connectivity index (χ3n) is 7.33. The van der Waals surface area contributed by atoms with E-state index in [1.807, 2.05) is 13.8 Å². The van der Waals surface area contributed by atoms with Crippen LogP contribution in [0.3, 0.4) is 0 Å². The van der Waals surface area contributed by atoms with Crippen LogP contribution < -0.4 is 20.5 Å². The fraction of sp³-hybridized carbons (Fsp3) is 0.400. The molecule has 0 aliphatic rings. The molecule has 0 aromatic heterocycles. The number of nitrogens with zero attached hydrogens (tertiary/aromatic N) is 2. The van der Waals surface area contributed by atoms with E-state index in [2.05, 4.69) is 5.32 Å². The first kappa shape index (κ1) is 36.9. The summed E-state index contributed by atoms with van der Waals surface area (Å²) in [6.07, 6.45) is -0.567. The molecular formula is C35H44F2N4O6. The molecule has 0 aliphatic carbocycles. The summed E-state index contributed by atoms with van der Waals surface area (Å²) < 4.78 is 37.9. The average Bonchev–Trinajstić information content (AvgIpc) is 3.02. The van der Waals surface area contributed by atoms with Crippen LogP contribution >= 0.6 is 0 Å². The Kier molecular flexibility index (Phi) is 14.1. The molecule has 0 heterocycles. The van der Waals surface area contributed by atoms with Gasteiger partial charge in [-0.2, -0.15) is 0 Å². The average molecular weight is 655 g/mol. The third-order valence-corrected chi connectivity index (χ3v) is 7.33. The lowest BCUT2D eigenvalue weighted by Crippen LogP contribution is -2.48. The SMILES string of the molecule is CCCN(CCC)C(=O)c1cc(C)cc(C(=O)N(CCNC(=O)Oc2cccc(OC)c2)C[C@@H](O)[C@@H](N)Cc2cc(F)cc(F)c2)c1. The van der Waals surface area contributed by atoms with Gasteiger partial charge in [-0.1, -0.05) is 19.9 Å². The number of ether oxygens (including phenoxy) is 2. The van der Waals surface area contributed by atoms with Gasteiger partial charge in [0, 0.05) is 62.0 Å². The summed E-state index contributed by atoms with van der Waals surface area (Å²) in [7, 11) is 1.49. The first-order chi connectivity index (χ1) is 22.4. The molecule has 3 amide bonds. The van der Waals surface area contributed by atoms with Crippen molar-refractivity contribution >= 4 is 17.9 Å². The maximum absolute atomic E-state index is 13.9. The maximum Gasteiger partial charge on any atom is 0.412 e. The Morgan fingerprint density at radius 1 is 0.872 bits per heavy atom. The Morgan fingerprint density at radius 3 is 2.06 bits per heavy atom. The molecule has 2 atom stereocenters. The second-order valence-electron chi connectivity index (χ2n) is 11.3. The van der Waals surface area contributed by atoms with E-state index in [0.717, 1.165) is 31.0 Å². The first-order valence-electron chi connectivity index (χ1n) is 15.6. The number of aryl methyl sites for hydroxylation is 1. The molecule has 254 valence electrons. The van der Waals surface area contributed by atoms with Gasteiger partial charge in [0.25, 0.3) is 11.8 Å². The lowest BCUT2D eigenvalue weighted by atomic mass is 10.0. The molecule has 10 nitrogen and oxygen atoms in total. The van der Waals surface area contributed by atoms with Crippen molar-refractivity contribution in [3.63, 3.8) is 0 Å². The van der Waals surface area contributed by atoms with E-state index in [1.54, 1.807) is 42.2 Å². The molecular weight excluding hydrogens is 610 g/mol. The minimum Gasteiger partial charge on any atom is -0.497 e. The smallest absolute Gasteiger partial charge is 0.412 e. The highest BCUT2D eigenvalue weighted by Crippen LogP contribution is 2.19. The van der Waals surface area contributed by atoms with Crippen molar-refractivity contribution in [2.45, 2.75) is 52.2 Å². The Hall–Kier alpha value is -4.55. The van der Waals surface area contributed by atoms with Crippen molar-refractivity contribution in [2.24, 2.45) is 5.73 Å². The third kappa shape index (κ3) is 11.3. The van der Waals surface area contributed by atoms with Crippen LogP contribution in [0.4, 0.5) is 13.6 Å². The van der Waals surface area contributed by atoms with Crippen LogP contribution in [0.2, 0.25) is 0 Å². The molecule has 0 bridgehead atoms. The predicted molar refractivity (Wildman–Crippen MR) is 175 cm³/mol. The summed E-state index contributed by atoms with van der Waals surface area (Å²) in [5.41, 5.74) is 7.74. The molecule has 0 fully saturated rings. The van der Waals surface area contributed by atoms with E-state index >= 15 is 0 Å². The standard InChI is InChI=1S/C35H44F2N4O6/c1-5-11-40(12-6-2)33(43)25-14-23(3)15-26(19-25)34(44)41(13-10-39-35(45)47-30-9-7-8-29(21-30)46-4)22-32(42)31(38)18-24-16-27(36)20-28(37)17-24/h7-9,14-17,19-21,31-32,42H,5-6,10-13,18,22,38H2,1-4H3,(H,39,45)/t31-,32+/m0/s1. The zero-order valence-corrected chi connectivity index (χ0v) is 27.3. The van der Waals surface area contributed by atoms with Gasteiger partial charge in [0.05, 0.1) is 13.2 Å². The zero-order valence-electron chi connectivity index (χ0n) is 27.3. The Bertz CT molecular complexity index is 1490. The topological polar surface area (TPSA) is 134 Å². The molecule has 3 rings (SSSR count). The molecule has 3 aromatic rings. The highest BCUT2D eigenvalue weighted by Gasteiger charge is 2.25. The zero-order chi connectivity index (χ0) is 34.5. The van der Waals surface area contributed by atoms with Crippen LogP contribution in [0.15, 0.2) is 60.7 Å². The van der Waals surface area contributed by atoms with E-state index in [1.165, 1.54) is 24.1 Å². The second-order valence-corrected chi connectivity index (χ2v) is 11.3. The molecule has 12 heteroatoms. The molecule has 4 N–H and O–H groups in total. The van der Waals surface area contributed by atoms with Crippen LogP contribution in [0.1, 0.15) is 58.5 Å². The van der Waals surface area contributed by atoms with E-state index < -0.39 is 35.8 Å². The van der Waals surface area contributed by atoms with Gasteiger partial charge < -0.3 is 35.4 Å². The Labute approximate surface area is 274 Å². The quantitative estimate of drug-likeness (QED) is 0.204. The first-order valence-corrected chi connectivity index (χ1v) is 15.6. The summed E-state index contributed by atoms with van der Waals surface area (Å²) >= 11 is 0. The number of nitrogens with one attached hydrogen (secondary N) is 1. The number of carbonyl (C=O) groups is 3. The minimum absolute atomic E-state index is 0.0516. The van der Waals surface area contributed by atoms with Crippen LogP contribution in [0, 0.1) is 18.6 Å². The number of hydrogen-bond donors (Lipinski definition) is 3. The number of aliphatic hydroxyl groups is 1. The number of benzene rings is 3. The minimum atomic E-state index is -1.30. The fourth-order valence-corrected chi connectivity index (χ4v) is 5.12. The van der Waals surface area contributed by atoms with Crippen molar-refractivity contribution < 1.29 is 37.7 Å². The lowest BCUT2D eigenvalue weighted by Gasteiger charge is -2.29. The van der Waals surface area contributed by atoms with E-state index in [4.69, 9.17) is 15.2 Å². The van der Waals surface area contributed by atoms with Gasteiger partial charge in [-0.15, -0.1) is 0 Å². The highest BCUT2D eigenvalue weighted by molar-refractivity contribution is 6.00. The normalized spacial score (nSPS) is 12.2. The molecule has 0 radical (unpaired) electrons. The number of aliphatic hydroxyl groups excluding tert-OH is 1. The number of hydrogen-bond acceptors (Lipinski definition) is 7. The second kappa shape index (κ2) is 18.0. The Balaban J connectivity index is 1.81. The predicted octanol–water partition coefficient (Wildman–Crippen LogP) is 4.71. The van der Waals surface area contributed by atoms with Crippen molar-refractivity contribution in [3.05, 3.63) is 94.6 Å². The number of amides is 3. The van der Waals surface area contributed by atoms with Crippen molar-refractivity contribution in [1.29, 1.82) is 0 Å². The van der Waals surface area contributed by atoms with Gasteiger partial charge in [-0.25, -0.2) is 13.6 Å². The van der Waals surface area contributed by atoms with E-state index in [-0.39, 0.29) is 48.8 Å². The van der Waals surface area contributed by atoms with Crippen LogP contribution in [-0.4, -0.2) is 84.8 Å². The fourth-order valence-electron chi connectivity index (χ4n) is 5.12. The monoisotopic (exact) mass is 654 g/mol. The van der Waals surface area contributed by atoms with Crippen LogP contribution in [-0.2, 0) is 6.42 Å². The van der Waals surface area contributed by atoms with Gasteiger partial charge in [0.15, 0.2) is 0 Å². The van der Waals surface area contributed by atoms with Crippen LogP contribution in [0.25, 0.3) is 0 Å². The van der Waals surface area contributed by atoms with E-state index in [0.29, 0.717) is 30.0 Å². The molecule has 0 unspecified atom stereocenters. The number of rotatable bonds is 16. The van der Waals surface area contributed by atoms with Crippen molar-refractivity contribution in [1.82, 2.24) is 15.1 Å². The molecule has 0 aliphatic heterocycles. The number of carbonyl (C=O) groups excluding carboxylic acids is 3. The molecule has 0 spiro atoms. The summed E-state index contributed by atoms with van der Waals surface area (Å²) in [5, 5.41) is 13.6. The van der Waals surface area contributed by atoms with E-state index in [9.17, 15) is 28.3 Å². The van der Waals surface area contributed by atoms with Gasteiger partial charge in [0.2, 0.25) is 0 Å². The maximum atomic E-state index is 13.9. The molecule has 47 heavy (non-hydrogen) atoms. The molecule has 0 saturated heterocycles. The summed E-state index contributed by atoms with van der Waals surface area (Å²) in [4.78, 5) is 42.9. The summed E-state index contributed by atoms with van der Waals surface area (Å²) in [6.45, 7) is 6.53. The highest BCUT2D eigenvalue weighted by atomic mass is 19.1. The number of halogens is 2. The lowest BCUT2D eigenvalue weighted by molar-refractivity contribution is 0.0575. The summed E-state index contributed by atoms with van der Waals surface area (Å²) in [5.74, 6) is -1.49. The van der Waals surface area contributed by atoms with Crippen molar-refractivity contribution in [2.75, 3.05) is 39.8 Å². The number of methoxy groups -OCH3 is 1. The molecule has 0 saturated carbocycles. The largest absolute Gasteiger partial charge is 0.497 e. The van der Waals surface area contributed by atoms with Gasteiger partial charge >= 0.3 is 6.09 Å².